The molecule has 1 aliphatic rings. The Hall–Kier alpha value is -2.16. The largest absolute Gasteiger partial charge is 0.387 e. The summed E-state index contributed by atoms with van der Waals surface area (Å²) in [4.78, 5) is 4.75. The zero-order chi connectivity index (χ0) is 13.2. The molecule has 0 aliphatic heterocycles. The van der Waals surface area contributed by atoms with Gasteiger partial charge in [-0.1, -0.05) is 36.4 Å². The maximum atomic E-state index is 7.58. The van der Waals surface area contributed by atoms with E-state index in [1.54, 1.807) is 0 Å². The van der Waals surface area contributed by atoms with E-state index in [9.17, 15) is 0 Å². The molecule has 3 N–H and O–H groups in total. The van der Waals surface area contributed by atoms with Gasteiger partial charge in [0.1, 0.15) is 0 Å². The van der Waals surface area contributed by atoms with E-state index in [0.717, 1.165) is 24.1 Å². The van der Waals surface area contributed by atoms with Crippen LogP contribution in [-0.4, -0.2) is 10.8 Å². The van der Waals surface area contributed by atoms with Crippen LogP contribution >= 0.6 is 0 Å². The monoisotopic (exact) mass is 251 g/mol. The van der Waals surface area contributed by atoms with Crippen molar-refractivity contribution in [2.45, 2.75) is 18.8 Å². The molecule has 1 heterocycles. The Balaban J connectivity index is 1.92. The number of hydrogen-bond acceptors (Lipinski definition) is 2. The predicted molar refractivity (Wildman–Crippen MR) is 78.3 cm³/mol. The first kappa shape index (κ1) is 11.9. The molecule has 96 valence electrons. The highest BCUT2D eigenvalue weighted by molar-refractivity contribution is 5.81. The number of para-hydroxylation sites is 1. The van der Waals surface area contributed by atoms with Crippen molar-refractivity contribution in [1.29, 1.82) is 5.41 Å². The summed E-state index contributed by atoms with van der Waals surface area (Å²) in [5.41, 5.74) is 7.75. The Morgan fingerprint density at radius 1 is 1.21 bits per heavy atom. The summed E-state index contributed by atoms with van der Waals surface area (Å²) in [6.45, 7) is 0. The van der Waals surface area contributed by atoms with Gasteiger partial charge in [-0.2, -0.15) is 0 Å². The van der Waals surface area contributed by atoms with Crippen molar-refractivity contribution < 1.29 is 0 Å². The molecule has 0 saturated carbocycles. The molecule has 1 aliphatic carbocycles. The molecule has 0 radical (unpaired) electrons. The van der Waals surface area contributed by atoms with Crippen molar-refractivity contribution >= 4 is 16.7 Å². The first-order valence-corrected chi connectivity index (χ1v) is 6.60. The van der Waals surface area contributed by atoms with E-state index in [0.29, 0.717) is 5.92 Å². The second-order valence-electron chi connectivity index (χ2n) is 5.09. The Labute approximate surface area is 112 Å². The molecule has 2 unspecified atom stereocenters. The second kappa shape index (κ2) is 4.84. The van der Waals surface area contributed by atoms with Gasteiger partial charge in [0, 0.05) is 22.9 Å². The fourth-order valence-corrected chi connectivity index (χ4v) is 2.67. The number of nitrogens with two attached hydrogens (primary N) is 1. The molecule has 0 bridgehead atoms. The number of fused-ring (bicyclic) bond motifs is 1. The highest BCUT2D eigenvalue weighted by Gasteiger charge is 2.22. The first-order valence-electron chi connectivity index (χ1n) is 6.60. The fourth-order valence-electron chi connectivity index (χ4n) is 2.67. The third-order valence-corrected chi connectivity index (χ3v) is 3.77. The number of amidine groups is 1. The summed E-state index contributed by atoms with van der Waals surface area (Å²) in [5, 5.41) is 8.75. The molecule has 2 aromatic rings. The van der Waals surface area contributed by atoms with Crippen LogP contribution in [0.3, 0.4) is 0 Å². The van der Waals surface area contributed by atoms with Crippen LogP contribution in [0.2, 0.25) is 0 Å². The van der Waals surface area contributed by atoms with E-state index in [-0.39, 0.29) is 11.8 Å². The highest BCUT2D eigenvalue weighted by atomic mass is 14.7. The average Bonchev–Trinajstić information content (AvgIpc) is 2.47. The Morgan fingerprint density at radius 3 is 2.89 bits per heavy atom. The lowest BCUT2D eigenvalue weighted by molar-refractivity contribution is 0.551. The number of aromatic nitrogens is 1. The minimum absolute atomic E-state index is 0.0621. The van der Waals surface area contributed by atoms with Gasteiger partial charge < -0.3 is 5.73 Å². The minimum atomic E-state index is 0.0621. The summed E-state index contributed by atoms with van der Waals surface area (Å²) in [7, 11) is 0. The van der Waals surface area contributed by atoms with Crippen molar-refractivity contribution in [3.8, 4) is 0 Å². The predicted octanol–water partition coefficient (Wildman–Crippen LogP) is 3.22. The quantitative estimate of drug-likeness (QED) is 0.489. The topological polar surface area (TPSA) is 62.8 Å². The van der Waals surface area contributed by atoms with E-state index in [2.05, 4.69) is 24.3 Å². The van der Waals surface area contributed by atoms with Gasteiger partial charge in [0.05, 0.1) is 11.4 Å². The smallest absolute Gasteiger partial charge is 0.0975 e. The Bertz CT molecular complexity index is 645. The number of hydrogen-bond donors (Lipinski definition) is 2. The summed E-state index contributed by atoms with van der Waals surface area (Å²) in [6, 6.07) is 12.4. The number of nitrogens with zero attached hydrogens (tertiary/aromatic N) is 1. The van der Waals surface area contributed by atoms with Crippen molar-refractivity contribution in [2.24, 2.45) is 11.7 Å². The number of benzene rings is 1. The fraction of sp³-hybridized carbons (Fsp3) is 0.250. The molecule has 1 aromatic heterocycles. The number of pyridine rings is 1. The third kappa shape index (κ3) is 2.36. The second-order valence-corrected chi connectivity index (χ2v) is 5.09. The van der Waals surface area contributed by atoms with Gasteiger partial charge in [-0.25, -0.2) is 0 Å². The highest BCUT2D eigenvalue weighted by Crippen LogP contribution is 2.31. The molecule has 0 saturated heterocycles. The van der Waals surface area contributed by atoms with E-state index >= 15 is 0 Å². The first-order chi connectivity index (χ1) is 9.24. The Kier molecular flexibility index (Phi) is 3.03. The van der Waals surface area contributed by atoms with Crippen LogP contribution in [0.5, 0.6) is 0 Å². The molecule has 0 amide bonds. The van der Waals surface area contributed by atoms with Crippen molar-refractivity contribution in [3.05, 3.63) is 54.2 Å². The van der Waals surface area contributed by atoms with Crippen molar-refractivity contribution in [1.82, 2.24) is 4.98 Å². The molecule has 0 spiro atoms. The molecule has 3 rings (SSSR count). The van der Waals surface area contributed by atoms with Crippen LogP contribution in [0, 0.1) is 11.3 Å². The molecular weight excluding hydrogens is 234 g/mol. The zero-order valence-electron chi connectivity index (χ0n) is 10.7. The van der Waals surface area contributed by atoms with E-state index in [4.69, 9.17) is 16.1 Å². The van der Waals surface area contributed by atoms with Gasteiger partial charge in [0.25, 0.3) is 0 Å². The third-order valence-electron chi connectivity index (χ3n) is 3.77. The lowest BCUT2D eigenvalue weighted by Gasteiger charge is -2.23. The van der Waals surface area contributed by atoms with Crippen LogP contribution in [-0.2, 0) is 0 Å². The normalized spacial score (nSPS) is 22.5. The lowest BCUT2D eigenvalue weighted by atomic mass is 9.84. The number of allylic oxidation sites excluding steroid dienone is 1. The lowest BCUT2D eigenvalue weighted by Crippen LogP contribution is -2.24. The SMILES string of the molecule is N=C(N)C1C=CCC(c2ccc3ccccc3n2)C1. The standard InChI is InChI=1S/C16H17N3/c17-16(18)13-6-3-5-12(10-13)15-9-8-11-4-1-2-7-14(11)19-15/h1-4,6-9,12-13H,5,10H2,(H3,17,18). The van der Waals surface area contributed by atoms with E-state index in [1.807, 2.05) is 24.3 Å². The molecule has 2 atom stereocenters. The summed E-state index contributed by atoms with van der Waals surface area (Å²) >= 11 is 0. The Morgan fingerprint density at radius 2 is 2.05 bits per heavy atom. The van der Waals surface area contributed by atoms with Crippen molar-refractivity contribution in [3.63, 3.8) is 0 Å². The van der Waals surface area contributed by atoms with Crippen LogP contribution in [0.1, 0.15) is 24.5 Å². The van der Waals surface area contributed by atoms with Gasteiger partial charge in [0.2, 0.25) is 0 Å². The summed E-state index contributed by atoms with van der Waals surface area (Å²) < 4.78 is 0. The minimum Gasteiger partial charge on any atom is -0.387 e. The van der Waals surface area contributed by atoms with Gasteiger partial charge >= 0.3 is 0 Å². The van der Waals surface area contributed by atoms with Crippen LogP contribution in [0.4, 0.5) is 0 Å². The molecule has 19 heavy (non-hydrogen) atoms. The van der Waals surface area contributed by atoms with E-state index < -0.39 is 0 Å². The van der Waals surface area contributed by atoms with Gasteiger partial charge in [-0.3, -0.25) is 10.4 Å². The molecule has 1 aromatic carbocycles. The average molecular weight is 251 g/mol. The maximum Gasteiger partial charge on any atom is 0.0975 e. The maximum absolute atomic E-state index is 7.58. The van der Waals surface area contributed by atoms with Crippen molar-refractivity contribution in [2.75, 3.05) is 0 Å². The number of nitrogens with one attached hydrogen (secondary N) is 1. The summed E-state index contributed by atoms with van der Waals surface area (Å²) in [5.74, 6) is 0.678. The van der Waals surface area contributed by atoms with Crippen LogP contribution in [0.25, 0.3) is 10.9 Å². The molecule has 0 fully saturated rings. The van der Waals surface area contributed by atoms with Crippen LogP contribution < -0.4 is 5.73 Å². The zero-order valence-corrected chi connectivity index (χ0v) is 10.7. The molecule has 3 nitrogen and oxygen atoms in total. The molecular formula is C16H17N3. The molecule has 3 heteroatoms. The number of rotatable bonds is 2. The van der Waals surface area contributed by atoms with Gasteiger partial charge in [0.15, 0.2) is 0 Å². The summed E-state index contributed by atoms with van der Waals surface area (Å²) in [6.07, 6.45) is 6.03. The van der Waals surface area contributed by atoms with Gasteiger partial charge in [-0.05, 0) is 25.0 Å². The van der Waals surface area contributed by atoms with Crippen LogP contribution in [0.15, 0.2) is 48.6 Å². The van der Waals surface area contributed by atoms with E-state index in [1.165, 1.54) is 5.39 Å². The van der Waals surface area contributed by atoms with Gasteiger partial charge in [-0.15, -0.1) is 0 Å².